The zero-order valence-electron chi connectivity index (χ0n) is 10.8. The van der Waals surface area contributed by atoms with Gasteiger partial charge >= 0.3 is 0 Å². The van der Waals surface area contributed by atoms with Crippen molar-refractivity contribution in [2.24, 2.45) is 0 Å². The highest BCUT2D eigenvalue weighted by Crippen LogP contribution is 1.98. The number of hydrogen-bond acceptors (Lipinski definition) is 2. The number of rotatable bonds is 2. The zero-order valence-corrected chi connectivity index (χ0v) is 6.80. The summed E-state index contributed by atoms with van der Waals surface area (Å²) in [5.74, 6) is 2.41. The highest BCUT2D eigenvalue weighted by molar-refractivity contribution is 4.85. The van der Waals surface area contributed by atoms with Crippen LogP contribution in [0.1, 0.15) is 11.9 Å². The first-order chi connectivity index (χ1) is 6.79. The average Bonchev–Trinajstić information content (AvgIpc) is 1.98. The molecule has 1 saturated heterocycles. The molecule has 0 amide bonds. The third-order valence-electron chi connectivity index (χ3n) is 1.54. The summed E-state index contributed by atoms with van der Waals surface area (Å²) in [5.41, 5.74) is 0. The van der Waals surface area contributed by atoms with Crippen LogP contribution < -0.4 is 0 Å². The third kappa shape index (κ3) is 2.92. The summed E-state index contributed by atoms with van der Waals surface area (Å²) < 4.78 is 31.2. The van der Waals surface area contributed by atoms with E-state index in [2.05, 4.69) is 5.92 Å². The number of piperazine rings is 1. The molecule has 1 heterocycles. The molecule has 0 N–H and O–H groups in total. The van der Waals surface area contributed by atoms with Gasteiger partial charge in [-0.25, -0.2) is 0 Å². The summed E-state index contributed by atoms with van der Waals surface area (Å²) in [6.45, 7) is -2.65. The zero-order chi connectivity index (χ0) is 11.7. The van der Waals surface area contributed by atoms with Crippen molar-refractivity contribution in [2.45, 2.75) is 6.42 Å². The molecule has 1 aliphatic heterocycles. The normalized spacial score (nSPS) is 36.0. The SMILES string of the molecule is [2H]C1([2H])CN(C)CC([2H])([2H])N1CCC#C. The van der Waals surface area contributed by atoms with Crippen LogP contribution in [0.5, 0.6) is 0 Å². The van der Waals surface area contributed by atoms with E-state index in [0.717, 1.165) is 0 Å². The second-order valence-electron chi connectivity index (χ2n) is 2.59. The molecule has 2 heteroatoms. The molecule has 1 aliphatic rings. The monoisotopic (exact) mass is 156 g/mol. The van der Waals surface area contributed by atoms with Gasteiger partial charge in [0.2, 0.25) is 0 Å². The minimum atomic E-state index is -1.66. The maximum atomic E-state index is 7.79. The second-order valence-corrected chi connectivity index (χ2v) is 2.59. The summed E-state index contributed by atoms with van der Waals surface area (Å²) in [5, 5.41) is 0. The van der Waals surface area contributed by atoms with Gasteiger partial charge in [-0.15, -0.1) is 12.3 Å². The van der Waals surface area contributed by atoms with E-state index in [1.54, 1.807) is 11.9 Å². The highest BCUT2D eigenvalue weighted by Gasteiger charge is 2.11. The molecule has 0 spiro atoms. The second kappa shape index (κ2) is 4.38. The molecule has 11 heavy (non-hydrogen) atoms. The Morgan fingerprint density at radius 1 is 1.55 bits per heavy atom. The van der Waals surface area contributed by atoms with Crippen LogP contribution in [0.2, 0.25) is 0 Å². The Morgan fingerprint density at radius 3 is 2.73 bits per heavy atom. The molecular weight excluding hydrogens is 136 g/mol. The van der Waals surface area contributed by atoms with Crippen molar-refractivity contribution in [2.75, 3.05) is 39.7 Å². The van der Waals surface area contributed by atoms with Crippen LogP contribution in [0.15, 0.2) is 0 Å². The fourth-order valence-electron chi connectivity index (χ4n) is 0.858. The summed E-state index contributed by atoms with van der Waals surface area (Å²) in [4.78, 5) is 2.88. The fourth-order valence-corrected chi connectivity index (χ4v) is 0.858. The Labute approximate surface area is 74.8 Å². The van der Waals surface area contributed by atoms with Gasteiger partial charge in [-0.05, 0) is 7.05 Å². The summed E-state index contributed by atoms with van der Waals surface area (Å²) in [7, 11) is 1.72. The number of likely N-dealkylation sites (N-methyl/N-ethyl adjacent to an activating group) is 1. The van der Waals surface area contributed by atoms with Crippen molar-refractivity contribution in [1.82, 2.24) is 9.80 Å². The fraction of sp³-hybridized carbons (Fsp3) is 0.778. The molecule has 62 valence electrons. The lowest BCUT2D eigenvalue weighted by atomic mass is 10.3. The van der Waals surface area contributed by atoms with Crippen molar-refractivity contribution in [3.8, 4) is 12.3 Å². The Bertz CT molecular complexity index is 254. The molecule has 0 aromatic heterocycles. The van der Waals surface area contributed by atoms with E-state index < -0.39 is 13.0 Å². The molecule has 0 unspecified atom stereocenters. The minimum absolute atomic E-state index is 0.205. The predicted molar refractivity (Wildman–Crippen MR) is 47.4 cm³/mol. The van der Waals surface area contributed by atoms with Crippen LogP contribution in [0.4, 0.5) is 0 Å². The van der Waals surface area contributed by atoms with Gasteiger partial charge in [-0.1, -0.05) is 0 Å². The van der Waals surface area contributed by atoms with Crippen molar-refractivity contribution in [1.29, 1.82) is 0 Å². The van der Waals surface area contributed by atoms with Gasteiger partial charge in [0.05, 0.1) is 0 Å². The van der Waals surface area contributed by atoms with Crippen LogP contribution in [0, 0.1) is 12.3 Å². The lowest BCUT2D eigenvalue weighted by Gasteiger charge is -2.31. The standard InChI is InChI=1S/C9H16N2/c1-3-4-5-11-8-6-10(2)7-9-11/h1H,4-9H2,2H3/i8D2,9D2. The molecule has 0 atom stereocenters. The molecule has 2 nitrogen and oxygen atoms in total. The Kier molecular flexibility index (Phi) is 1.79. The minimum Gasteiger partial charge on any atom is -0.304 e. The van der Waals surface area contributed by atoms with Gasteiger partial charge in [0.25, 0.3) is 0 Å². The summed E-state index contributed by atoms with van der Waals surface area (Å²) >= 11 is 0. The van der Waals surface area contributed by atoms with E-state index in [9.17, 15) is 0 Å². The quantitative estimate of drug-likeness (QED) is 0.529. The van der Waals surface area contributed by atoms with Crippen LogP contribution in [0.25, 0.3) is 0 Å². The molecule has 1 fully saturated rings. The van der Waals surface area contributed by atoms with Gasteiger partial charge in [-0.3, -0.25) is 4.90 Å². The van der Waals surface area contributed by atoms with Crippen LogP contribution in [0.3, 0.4) is 0 Å². The van der Waals surface area contributed by atoms with Gasteiger partial charge in [-0.2, -0.15) is 0 Å². The molecule has 0 aromatic rings. The first-order valence-electron chi connectivity index (χ1n) is 5.69. The lowest BCUT2D eigenvalue weighted by Crippen LogP contribution is -2.44. The topological polar surface area (TPSA) is 6.48 Å². The van der Waals surface area contributed by atoms with Crippen molar-refractivity contribution < 1.29 is 5.48 Å². The molecule has 0 aliphatic carbocycles. The summed E-state index contributed by atoms with van der Waals surface area (Å²) in [6, 6.07) is 0. The van der Waals surface area contributed by atoms with E-state index in [-0.39, 0.29) is 19.6 Å². The first-order valence-corrected chi connectivity index (χ1v) is 3.69. The Hall–Kier alpha value is -0.520. The Morgan fingerprint density at radius 2 is 2.18 bits per heavy atom. The third-order valence-corrected chi connectivity index (χ3v) is 1.54. The van der Waals surface area contributed by atoms with Gasteiger partial charge < -0.3 is 4.90 Å². The first kappa shape index (κ1) is 4.49. The lowest BCUT2D eigenvalue weighted by molar-refractivity contribution is 0.157. The highest BCUT2D eigenvalue weighted by atomic mass is 15.2. The van der Waals surface area contributed by atoms with Crippen molar-refractivity contribution in [3.63, 3.8) is 0 Å². The molecule has 1 rings (SSSR count). The van der Waals surface area contributed by atoms with Crippen molar-refractivity contribution >= 4 is 0 Å². The summed E-state index contributed by atoms with van der Waals surface area (Å²) in [6.07, 6.45) is 5.48. The smallest absolute Gasteiger partial charge is 0.0444 e. The van der Waals surface area contributed by atoms with E-state index in [1.807, 2.05) is 0 Å². The van der Waals surface area contributed by atoms with Gasteiger partial charge in [0, 0.05) is 44.5 Å². The number of nitrogens with zero attached hydrogens (tertiary/aromatic N) is 2. The number of terminal acetylenes is 1. The molecule has 0 aromatic carbocycles. The van der Waals surface area contributed by atoms with E-state index in [4.69, 9.17) is 11.9 Å². The van der Waals surface area contributed by atoms with Gasteiger partial charge in [0.1, 0.15) is 0 Å². The number of hydrogen-bond donors (Lipinski definition) is 0. The maximum Gasteiger partial charge on any atom is 0.0444 e. The predicted octanol–water partition coefficient (Wildman–Crippen LogP) is 0.257. The van der Waals surface area contributed by atoms with E-state index in [0.29, 0.717) is 6.42 Å². The van der Waals surface area contributed by atoms with Crippen molar-refractivity contribution in [3.05, 3.63) is 0 Å². The molecule has 0 bridgehead atoms. The van der Waals surface area contributed by atoms with Crippen LogP contribution in [-0.4, -0.2) is 49.5 Å². The Balaban J connectivity index is 2.83. The van der Waals surface area contributed by atoms with E-state index in [1.165, 1.54) is 4.90 Å². The molecular formula is C9H16N2. The largest absolute Gasteiger partial charge is 0.304 e. The maximum absolute atomic E-state index is 7.79. The average molecular weight is 156 g/mol. The molecule has 0 radical (unpaired) electrons. The molecule has 0 saturated carbocycles. The van der Waals surface area contributed by atoms with Crippen LogP contribution in [-0.2, 0) is 0 Å². The van der Waals surface area contributed by atoms with Gasteiger partial charge in [0.15, 0.2) is 0 Å². The van der Waals surface area contributed by atoms with Crippen LogP contribution >= 0.6 is 0 Å². The van der Waals surface area contributed by atoms with E-state index >= 15 is 0 Å².